The van der Waals surface area contributed by atoms with Gasteiger partial charge in [0.1, 0.15) is 6.04 Å². The first kappa shape index (κ1) is 18.6. The molecule has 0 fully saturated rings. The van der Waals surface area contributed by atoms with Crippen LogP contribution in [0.15, 0.2) is 48.5 Å². The van der Waals surface area contributed by atoms with Crippen molar-refractivity contribution in [3.8, 4) is 0 Å². The molecule has 0 saturated heterocycles. The van der Waals surface area contributed by atoms with Crippen LogP contribution in [0.3, 0.4) is 0 Å². The zero-order chi connectivity index (χ0) is 19.6. The number of benzene rings is 2. The van der Waals surface area contributed by atoms with E-state index in [0.717, 1.165) is 5.56 Å². The maximum absolute atomic E-state index is 12.4. The van der Waals surface area contributed by atoms with Crippen LogP contribution in [0.1, 0.15) is 43.1 Å². The smallest absolute Gasteiger partial charge is 0.254 e. The van der Waals surface area contributed by atoms with Crippen LogP contribution in [0, 0.1) is 0 Å². The number of nitrogens with one attached hydrogen (secondary N) is 3. The largest absolute Gasteiger partial charge is 0.340 e. The number of amides is 3. The van der Waals surface area contributed by atoms with Crippen molar-refractivity contribution >= 4 is 29.1 Å². The third-order valence-corrected chi connectivity index (χ3v) is 4.48. The van der Waals surface area contributed by atoms with Crippen molar-refractivity contribution in [2.24, 2.45) is 0 Å². The highest BCUT2D eigenvalue weighted by atomic mass is 16.2. The first-order valence-corrected chi connectivity index (χ1v) is 8.85. The minimum Gasteiger partial charge on any atom is -0.340 e. The van der Waals surface area contributed by atoms with E-state index >= 15 is 0 Å². The minimum atomic E-state index is -0.932. The van der Waals surface area contributed by atoms with Crippen LogP contribution < -0.4 is 16.0 Å². The fourth-order valence-electron chi connectivity index (χ4n) is 2.91. The van der Waals surface area contributed by atoms with Gasteiger partial charge in [0.15, 0.2) is 0 Å². The lowest BCUT2D eigenvalue weighted by Gasteiger charge is -2.19. The Balaban J connectivity index is 1.66. The third kappa shape index (κ3) is 4.34. The van der Waals surface area contributed by atoms with Gasteiger partial charge < -0.3 is 16.0 Å². The summed E-state index contributed by atoms with van der Waals surface area (Å²) in [6.45, 7) is 6.35. The van der Waals surface area contributed by atoms with E-state index in [2.05, 4.69) is 36.7 Å². The number of carbonyl (C=O) groups is 3. The monoisotopic (exact) mass is 365 g/mol. The standard InChI is InChI=1S/C21H23N3O3/c1-21(2,3)13-8-10-14(11-9-13)22-18(25)12-17-20(27)23-16-7-5-4-6-15(16)19(26)24-17/h4-11,17H,12H2,1-3H3,(H,22,25)(H,23,27)(H,24,26)/t17-/m1/s1. The predicted octanol–water partition coefficient (Wildman–Crippen LogP) is 3.06. The number of para-hydroxylation sites is 1. The van der Waals surface area contributed by atoms with E-state index in [1.807, 2.05) is 24.3 Å². The summed E-state index contributed by atoms with van der Waals surface area (Å²) in [5, 5.41) is 8.09. The zero-order valence-electron chi connectivity index (χ0n) is 15.6. The molecule has 27 heavy (non-hydrogen) atoms. The minimum absolute atomic E-state index is 0.0280. The van der Waals surface area contributed by atoms with Crippen LogP contribution in [-0.2, 0) is 15.0 Å². The van der Waals surface area contributed by atoms with Crippen molar-refractivity contribution in [2.45, 2.75) is 38.6 Å². The second-order valence-electron chi connectivity index (χ2n) is 7.64. The van der Waals surface area contributed by atoms with Crippen molar-refractivity contribution in [2.75, 3.05) is 10.6 Å². The Kier molecular flexibility index (Phi) is 4.99. The molecule has 1 heterocycles. The Bertz CT molecular complexity index is 882. The molecule has 3 amide bonds. The molecule has 1 atom stereocenters. The first-order chi connectivity index (χ1) is 12.7. The van der Waals surface area contributed by atoms with Crippen molar-refractivity contribution < 1.29 is 14.4 Å². The van der Waals surface area contributed by atoms with E-state index in [1.165, 1.54) is 0 Å². The van der Waals surface area contributed by atoms with E-state index < -0.39 is 11.9 Å². The van der Waals surface area contributed by atoms with Gasteiger partial charge in [0.05, 0.1) is 17.7 Å². The number of fused-ring (bicyclic) bond motifs is 1. The Hall–Kier alpha value is -3.15. The molecule has 6 nitrogen and oxygen atoms in total. The van der Waals surface area contributed by atoms with Crippen LogP contribution in [0.25, 0.3) is 0 Å². The van der Waals surface area contributed by atoms with Gasteiger partial charge >= 0.3 is 0 Å². The maximum atomic E-state index is 12.4. The summed E-state index contributed by atoms with van der Waals surface area (Å²) < 4.78 is 0. The van der Waals surface area contributed by atoms with Gasteiger partial charge in [0.2, 0.25) is 11.8 Å². The Morgan fingerprint density at radius 1 is 1.04 bits per heavy atom. The summed E-state index contributed by atoms with van der Waals surface area (Å²) >= 11 is 0. The number of rotatable bonds is 3. The molecule has 0 radical (unpaired) electrons. The molecule has 6 heteroatoms. The number of hydrogen-bond acceptors (Lipinski definition) is 3. The molecule has 0 spiro atoms. The van der Waals surface area contributed by atoms with Crippen molar-refractivity contribution in [1.29, 1.82) is 0 Å². The molecule has 0 unspecified atom stereocenters. The van der Waals surface area contributed by atoms with Gasteiger partial charge in [0, 0.05) is 5.69 Å². The van der Waals surface area contributed by atoms with Crippen LogP contribution in [0.2, 0.25) is 0 Å². The quantitative estimate of drug-likeness (QED) is 0.781. The third-order valence-electron chi connectivity index (χ3n) is 4.48. The van der Waals surface area contributed by atoms with Crippen LogP contribution >= 0.6 is 0 Å². The lowest BCUT2D eigenvalue weighted by Crippen LogP contribution is -2.43. The van der Waals surface area contributed by atoms with E-state index in [-0.39, 0.29) is 23.7 Å². The number of carbonyl (C=O) groups excluding carboxylic acids is 3. The summed E-state index contributed by atoms with van der Waals surface area (Å²) in [5.74, 6) is -1.13. The molecule has 3 rings (SSSR count). The second kappa shape index (κ2) is 7.23. The molecule has 3 N–H and O–H groups in total. The van der Waals surface area contributed by atoms with Gasteiger partial charge in [-0.2, -0.15) is 0 Å². The first-order valence-electron chi connectivity index (χ1n) is 8.85. The Labute approximate surface area is 158 Å². The molecule has 1 aliphatic heterocycles. The number of hydrogen-bond donors (Lipinski definition) is 3. The molecular weight excluding hydrogens is 342 g/mol. The van der Waals surface area contributed by atoms with Crippen LogP contribution in [0.5, 0.6) is 0 Å². The molecule has 2 aromatic carbocycles. The van der Waals surface area contributed by atoms with Gasteiger partial charge in [-0.15, -0.1) is 0 Å². The van der Waals surface area contributed by atoms with Gasteiger partial charge in [-0.3, -0.25) is 14.4 Å². The van der Waals surface area contributed by atoms with Crippen molar-refractivity contribution in [3.63, 3.8) is 0 Å². The normalized spacial score (nSPS) is 16.6. The summed E-state index contributed by atoms with van der Waals surface area (Å²) in [6, 6.07) is 13.4. The molecule has 2 aromatic rings. The average Bonchev–Trinajstić information content (AvgIpc) is 2.71. The molecular formula is C21H23N3O3. The fraction of sp³-hybridized carbons (Fsp3) is 0.286. The summed E-state index contributed by atoms with van der Waals surface area (Å²) in [5.41, 5.74) is 2.66. The van der Waals surface area contributed by atoms with E-state index in [0.29, 0.717) is 16.9 Å². The molecule has 0 aliphatic carbocycles. The highest BCUT2D eigenvalue weighted by Gasteiger charge is 2.29. The molecule has 140 valence electrons. The van der Waals surface area contributed by atoms with Crippen molar-refractivity contribution in [3.05, 3.63) is 59.7 Å². The average molecular weight is 365 g/mol. The molecule has 0 bridgehead atoms. The highest BCUT2D eigenvalue weighted by molar-refractivity contribution is 6.11. The van der Waals surface area contributed by atoms with E-state index in [1.54, 1.807) is 24.3 Å². The van der Waals surface area contributed by atoms with Gasteiger partial charge in [-0.1, -0.05) is 45.0 Å². The van der Waals surface area contributed by atoms with Gasteiger partial charge in [-0.05, 0) is 35.2 Å². The lowest BCUT2D eigenvalue weighted by molar-refractivity contribution is -0.122. The molecule has 0 saturated carbocycles. The lowest BCUT2D eigenvalue weighted by atomic mass is 9.87. The summed E-state index contributed by atoms with van der Waals surface area (Å²) in [4.78, 5) is 37.0. The second-order valence-corrected chi connectivity index (χ2v) is 7.64. The van der Waals surface area contributed by atoms with Crippen LogP contribution in [-0.4, -0.2) is 23.8 Å². The van der Waals surface area contributed by atoms with Gasteiger partial charge in [0.25, 0.3) is 5.91 Å². The van der Waals surface area contributed by atoms with E-state index in [9.17, 15) is 14.4 Å². The Morgan fingerprint density at radius 2 is 1.70 bits per heavy atom. The SMILES string of the molecule is CC(C)(C)c1ccc(NC(=O)C[C@H]2NC(=O)c3ccccc3NC2=O)cc1. The summed E-state index contributed by atoms with van der Waals surface area (Å²) in [7, 11) is 0. The van der Waals surface area contributed by atoms with E-state index in [4.69, 9.17) is 0 Å². The zero-order valence-corrected chi connectivity index (χ0v) is 15.6. The Morgan fingerprint density at radius 3 is 2.37 bits per heavy atom. The highest BCUT2D eigenvalue weighted by Crippen LogP contribution is 2.24. The maximum Gasteiger partial charge on any atom is 0.254 e. The molecule has 0 aromatic heterocycles. The fourth-order valence-corrected chi connectivity index (χ4v) is 2.91. The van der Waals surface area contributed by atoms with Gasteiger partial charge in [-0.25, -0.2) is 0 Å². The summed E-state index contributed by atoms with van der Waals surface area (Å²) in [6.07, 6.45) is -0.146. The predicted molar refractivity (Wildman–Crippen MR) is 105 cm³/mol. The number of anilines is 2. The van der Waals surface area contributed by atoms with Crippen LogP contribution in [0.4, 0.5) is 11.4 Å². The topological polar surface area (TPSA) is 87.3 Å². The molecule has 1 aliphatic rings. The van der Waals surface area contributed by atoms with Crippen molar-refractivity contribution in [1.82, 2.24) is 5.32 Å².